The van der Waals surface area contributed by atoms with Gasteiger partial charge in [0.25, 0.3) is 4.80 Å². The van der Waals surface area contributed by atoms with Crippen molar-refractivity contribution in [3.8, 4) is 11.3 Å². The summed E-state index contributed by atoms with van der Waals surface area (Å²) >= 11 is 3.22. The lowest BCUT2D eigenvalue weighted by atomic mass is 10.1. The molecule has 2 aromatic rings. The summed E-state index contributed by atoms with van der Waals surface area (Å²) in [5.41, 5.74) is 3.22. The van der Waals surface area contributed by atoms with E-state index >= 15 is 0 Å². The van der Waals surface area contributed by atoms with E-state index in [1.807, 2.05) is 19.1 Å². The maximum atomic E-state index is 5.31. The average Bonchev–Trinajstić information content (AvgIpc) is 2.45. The molecule has 2 nitrogen and oxygen atoms in total. The zero-order chi connectivity index (χ0) is 10.1. The molecule has 14 heavy (non-hydrogen) atoms. The van der Waals surface area contributed by atoms with Crippen LogP contribution >= 0.6 is 15.9 Å². The van der Waals surface area contributed by atoms with E-state index in [9.17, 15) is 0 Å². The van der Waals surface area contributed by atoms with Crippen LogP contribution in [-0.4, -0.2) is 4.98 Å². The molecule has 0 fully saturated rings. The smallest absolute Gasteiger partial charge is 0.264 e. The third-order valence-corrected chi connectivity index (χ3v) is 2.40. The molecule has 1 aromatic carbocycles. The quantitative estimate of drug-likeness (QED) is 0.773. The molecule has 0 bridgehead atoms. The Morgan fingerprint density at radius 2 is 2.07 bits per heavy atom. The van der Waals surface area contributed by atoms with Gasteiger partial charge in [0.2, 0.25) is 0 Å². The first-order valence-electron chi connectivity index (χ1n) is 4.37. The van der Waals surface area contributed by atoms with E-state index in [-0.39, 0.29) is 0 Å². The van der Waals surface area contributed by atoms with Gasteiger partial charge in [-0.1, -0.05) is 23.8 Å². The van der Waals surface area contributed by atoms with Crippen molar-refractivity contribution in [1.29, 1.82) is 0 Å². The molecular weight excluding hydrogens is 242 g/mol. The van der Waals surface area contributed by atoms with Gasteiger partial charge >= 0.3 is 0 Å². The highest BCUT2D eigenvalue weighted by atomic mass is 79.9. The number of hydrogen-bond donors (Lipinski definition) is 0. The van der Waals surface area contributed by atoms with E-state index in [0.717, 1.165) is 17.0 Å². The summed E-state index contributed by atoms with van der Waals surface area (Å²) in [5, 5.41) is 0. The second-order valence-corrected chi connectivity index (χ2v) is 3.92. The highest BCUT2D eigenvalue weighted by Crippen LogP contribution is 2.25. The predicted molar refractivity (Wildman–Crippen MR) is 59.1 cm³/mol. The fourth-order valence-corrected chi connectivity index (χ4v) is 1.84. The molecule has 0 aliphatic heterocycles. The molecule has 72 valence electrons. The van der Waals surface area contributed by atoms with Crippen molar-refractivity contribution in [3.63, 3.8) is 0 Å². The molecule has 0 N–H and O–H groups in total. The van der Waals surface area contributed by atoms with Gasteiger partial charge in [-0.05, 0) is 19.9 Å². The number of hydrogen-bond acceptors (Lipinski definition) is 2. The minimum absolute atomic E-state index is 0.534. The van der Waals surface area contributed by atoms with Crippen LogP contribution in [0.3, 0.4) is 0 Å². The van der Waals surface area contributed by atoms with Crippen LogP contribution in [0.25, 0.3) is 11.3 Å². The number of halogens is 1. The first-order chi connectivity index (χ1) is 6.66. The number of nitrogens with zero attached hydrogens (tertiary/aromatic N) is 1. The van der Waals surface area contributed by atoms with Crippen LogP contribution in [0.15, 0.2) is 33.5 Å². The Bertz CT molecular complexity index is 462. The Morgan fingerprint density at radius 1 is 1.29 bits per heavy atom. The van der Waals surface area contributed by atoms with Crippen LogP contribution in [0.1, 0.15) is 11.3 Å². The Morgan fingerprint density at radius 3 is 2.64 bits per heavy atom. The van der Waals surface area contributed by atoms with Crippen LogP contribution in [-0.2, 0) is 0 Å². The summed E-state index contributed by atoms with van der Waals surface area (Å²) in [6.07, 6.45) is 0. The van der Waals surface area contributed by atoms with Crippen molar-refractivity contribution in [2.45, 2.75) is 13.8 Å². The van der Waals surface area contributed by atoms with Crippen molar-refractivity contribution >= 4 is 15.9 Å². The topological polar surface area (TPSA) is 26.0 Å². The largest absolute Gasteiger partial charge is 0.436 e. The molecule has 0 saturated heterocycles. The number of benzene rings is 1. The Labute approximate surface area is 91.1 Å². The standard InChI is InChI=1S/C11H10BrNO/c1-7-4-3-5-9(6-7)10-8(2)14-11(12)13-10/h3-6H,1-2H3. The highest BCUT2D eigenvalue weighted by molar-refractivity contribution is 9.10. The van der Waals surface area contributed by atoms with E-state index in [1.165, 1.54) is 5.56 Å². The zero-order valence-electron chi connectivity index (χ0n) is 8.04. The minimum atomic E-state index is 0.534. The normalized spacial score (nSPS) is 10.5. The van der Waals surface area contributed by atoms with Gasteiger partial charge in [0.05, 0.1) is 0 Å². The number of oxazole rings is 1. The van der Waals surface area contributed by atoms with Crippen molar-refractivity contribution in [3.05, 3.63) is 40.4 Å². The lowest BCUT2D eigenvalue weighted by molar-refractivity contribution is 0.501. The van der Waals surface area contributed by atoms with Gasteiger partial charge in [-0.3, -0.25) is 0 Å². The summed E-state index contributed by atoms with van der Waals surface area (Å²) in [7, 11) is 0. The van der Waals surface area contributed by atoms with Crippen molar-refractivity contribution in [1.82, 2.24) is 4.98 Å². The maximum Gasteiger partial charge on any atom is 0.264 e. The second-order valence-electron chi connectivity index (χ2n) is 3.24. The van der Waals surface area contributed by atoms with Crippen LogP contribution in [0.2, 0.25) is 0 Å². The predicted octanol–water partition coefficient (Wildman–Crippen LogP) is 3.72. The second kappa shape index (κ2) is 3.58. The monoisotopic (exact) mass is 251 g/mol. The van der Waals surface area contributed by atoms with E-state index in [0.29, 0.717) is 4.80 Å². The first kappa shape index (κ1) is 9.46. The summed E-state index contributed by atoms with van der Waals surface area (Å²) in [4.78, 5) is 4.81. The van der Waals surface area contributed by atoms with Gasteiger partial charge in [-0.15, -0.1) is 0 Å². The molecule has 2 rings (SSSR count). The summed E-state index contributed by atoms with van der Waals surface area (Å²) in [6.45, 7) is 3.98. The minimum Gasteiger partial charge on any atom is -0.436 e. The third-order valence-electron chi connectivity index (χ3n) is 2.06. The molecule has 3 heteroatoms. The lowest BCUT2D eigenvalue weighted by Gasteiger charge is -1.98. The van der Waals surface area contributed by atoms with Crippen molar-refractivity contribution in [2.24, 2.45) is 0 Å². The summed E-state index contributed by atoms with van der Waals surface area (Å²) < 4.78 is 5.31. The molecular formula is C11H10BrNO. The first-order valence-corrected chi connectivity index (χ1v) is 5.16. The fourth-order valence-electron chi connectivity index (χ4n) is 1.42. The number of aromatic nitrogens is 1. The molecule has 0 aliphatic carbocycles. The number of aryl methyl sites for hydroxylation is 2. The molecule has 1 heterocycles. The summed E-state index contributed by atoms with van der Waals surface area (Å²) in [6, 6.07) is 8.21. The van der Waals surface area contributed by atoms with Crippen LogP contribution < -0.4 is 0 Å². The van der Waals surface area contributed by atoms with Gasteiger partial charge in [-0.2, -0.15) is 0 Å². The zero-order valence-corrected chi connectivity index (χ0v) is 9.63. The summed E-state index contributed by atoms with van der Waals surface area (Å²) in [5.74, 6) is 0.836. The Hall–Kier alpha value is -1.09. The molecule has 0 atom stereocenters. The fraction of sp³-hybridized carbons (Fsp3) is 0.182. The highest BCUT2D eigenvalue weighted by Gasteiger charge is 2.09. The molecule has 0 amide bonds. The van der Waals surface area contributed by atoms with Gasteiger partial charge in [-0.25, -0.2) is 4.98 Å². The lowest BCUT2D eigenvalue weighted by Crippen LogP contribution is -1.81. The average molecular weight is 252 g/mol. The molecule has 1 aromatic heterocycles. The van der Waals surface area contributed by atoms with E-state index in [4.69, 9.17) is 4.42 Å². The molecule has 0 unspecified atom stereocenters. The van der Waals surface area contributed by atoms with E-state index in [2.05, 4.69) is 40.0 Å². The van der Waals surface area contributed by atoms with Crippen LogP contribution in [0.4, 0.5) is 0 Å². The number of rotatable bonds is 1. The Balaban J connectivity index is 2.54. The molecule has 0 aliphatic rings. The molecule has 0 spiro atoms. The SMILES string of the molecule is Cc1cccc(-c2nc(Br)oc2C)c1. The van der Waals surface area contributed by atoms with Crippen LogP contribution in [0.5, 0.6) is 0 Å². The van der Waals surface area contributed by atoms with E-state index < -0.39 is 0 Å². The van der Waals surface area contributed by atoms with Crippen LogP contribution in [0, 0.1) is 13.8 Å². The van der Waals surface area contributed by atoms with Crippen molar-refractivity contribution in [2.75, 3.05) is 0 Å². The van der Waals surface area contributed by atoms with Gasteiger partial charge in [0, 0.05) is 21.5 Å². The Kier molecular flexibility index (Phi) is 2.42. The third kappa shape index (κ3) is 1.73. The van der Waals surface area contributed by atoms with Crippen molar-refractivity contribution < 1.29 is 4.42 Å². The van der Waals surface area contributed by atoms with Gasteiger partial charge in [0.1, 0.15) is 11.5 Å². The van der Waals surface area contributed by atoms with E-state index in [1.54, 1.807) is 0 Å². The van der Waals surface area contributed by atoms with Gasteiger partial charge in [0.15, 0.2) is 0 Å². The maximum absolute atomic E-state index is 5.31. The molecule has 0 saturated carbocycles. The molecule has 0 radical (unpaired) electrons. The van der Waals surface area contributed by atoms with Gasteiger partial charge < -0.3 is 4.42 Å².